The van der Waals surface area contributed by atoms with Gasteiger partial charge in [-0.05, 0) is 18.2 Å². The molecule has 102 valence electrons. The van der Waals surface area contributed by atoms with Crippen LogP contribution < -0.4 is 21.1 Å². The highest BCUT2D eigenvalue weighted by Crippen LogP contribution is 2.18. The molecule has 0 aromatic heterocycles. The molecule has 1 aromatic carbocycles. The number of hydrogen-bond donors (Lipinski definition) is 3. The van der Waals surface area contributed by atoms with Gasteiger partial charge in [-0.1, -0.05) is 0 Å². The first-order valence-corrected chi connectivity index (χ1v) is 5.49. The van der Waals surface area contributed by atoms with Crippen molar-refractivity contribution in [3.05, 3.63) is 29.3 Å². The number of primary amides is 1. The third kappa shape index (κ3) is 3.70. The molecule has 0 radical (unpaired) electrons. The van der Waals surface area contributed by atoms with E-state index in [1.54, 1.807) is 0 Å². The molecule has 3 amide bonds. The summed E-state index contributed by atoms with van der Waals surface area (Å²) in [6.45, 7) is -0.181. The Morgan fingerprint density at radius 2 is 1.84 bits per heavy atom. The zero-order valence-corrected chi connectivity index (χ0v) is 10.6. The minimum atomic E-state index is -0.712. The van der Waals surface area contributed by atoms with Crippen molar-refractivity contribution in [2.75, 3.05) is 20.7 Å². The topological polar surface area (TPSA) is 111 Å². The number of hydrogen-bond acceptors (Lipinski definition) is 4. The second kappa shape index (κ2) is 6.39. The molecule has 0 aliphatic rings. The summed E-state index contributed by atoms with van der Waals surface area (Å²) in [6.07, 6.45) is 0. The SMILES string of the molecule is CNC(=O)COc1ccc(C(N)=O)c(C(=O)NC)c1. The Labute approximate surface area is 110 Å². The van der Waals surface area contributed by atoms with Crippen molar-refractivity contribution in [2.24, 2.45) is 5.73 Å². The molecule has 0 unspecified atom stereocenters. The van der Waals surface area contributed by atoms with E-state index in [0.717, 1.165) is 0 Å². The first-order valence-electron chi connectivity index (χ1n) is 5.49. The van der Waals surface area contributed by atoms with Gasteiger partial charge < -0.3 is 21.1 Å². The van der Waals surface area contributed by atoms with Gasteiger partial charge in [-0.25, -0.2) is 0 Å². The minimum absolute atomic E-state index is 0.0895. The lowest BCUT2D eigenvalue weighted by Gasteiger charge is -2.09. The summed E-state index contributed by atoms with van der Waals surface area (Å²) in [5, 5.41) is 4.79. The van der Waals surface area contributed by atoms with Gasteiger partial charge >= 0.3 is 0 Å². The average molecular weight is 265 g/mol. The molecule has 0 saturated heterocycles. The van der Waals surface area contributed by atoms with E-state index in [1.165, 1.54) is 32.3 Å². The van der Waals surface area contributed by atoms with Crippen molar-refractivity contribution >= 4 is 17.7 Å². The average Bonchev–Trinajstić information content (AvgIpc) is 2.43. The van der Waals surface area contributed by atoms with Crippen LogP contribution in [0.1, 0.15) is 20.7 Å². The number of benzene rings is 1. The molecule has 0 aliphatic heterocycles. The van der Waals surface area contributed by atoms with Crippen LogP contribution in [-0.2, 0) is 4.79 Å². The van der Waals surface area contributed by atoms with Gasteiger partial charge in [0.15, 0.2) is 6.61 Å². The van der Waals surface area contributed by atoms with E-state index in [-0.39, 0.29) is 23.6 Å². The van der Waals surface area contributed by atoms with Crippen molar-refractivity contribution in [2.45, 2.75) is 0 Å². The van der Waals surface area contributed by atoms with Crippen molar-refractivity contribution in [1.82, 2.24) is 10.6 Å². The van der Waals surface area contributed by atoms with Crippen LogP contribution in [0.25, 0.3) is 0 Å². The summed E-state index contributed by atoms with van der Waals surface area (Å²) in [6, 6.07) is 4.21. The van der Waals surface area contributed by atoms with Crippen LogP contribution in [0.5, 0.6) is 5.75 Å². The molecular formula is C12H15N3O4. The number of likely N-dealkylation sites (N-methyl/N-ethyl adjacent to an activating group) is 1. The Kier molecular flexibility index (Phi) is 4.87. The lowest BCUT2D eigenvalue weighted by atomic mass is 10.1. The minimum Gasteiger partial charge on any atom is -0.484 e. The van der Waals surface area contributed by atoms with Crippen LogP contribution in [-0.4, -0.2) is 38.4 Å². The van der Waals surface area contributed by atoms with Gasteiger partial charge in [-0.3, -0.25) is 14.4 Å². The molecule has 0 fully saturated rings. The fraction of sp³-hybridized carbons (Fsp3) is 0.250. The number of rotatable bonds is 5. The summed E-state index contributed by atoms with van der Waals surface area (Å²) in [5.41, 5.74) is 5.37. The molecule has 4 N–H and O–H groups in total. The van der Waals surface area contributed by atoms with E-state index >= 15 is 0 Å². The Morgan fingerprint density at radius 3 is 2.37 bits per heavy atom. The molecule has 1 aromatic rings. The normalized spacial score (nSPS) is 9.58. The van der Waals surface area contributed by atoms with Crippen molar-refractivity contribution in [1.29, 1.82) is 0 Å². The third-order valence-corrected chi connectivity index (χ3v) is 2.38. The first kappa shape index (κ1) is 14.5. The molecule has 1 rings (SSSR count). The van der Waals surface area contributed by atoms with Crippen molar-refractivity contribution in [3.63, 3.8) is 0 Å². The molecule has 19 heavy (non-hydrogen) atoms. The second-order valence-electron chi connectivity index (χ2n) is 3.61. The fourth-order valence-electron chi connectivity index (χ4n) is 1.37. The van der Waals surface area contributed by atoms with Gasteiger partial charge in [0.05, 0.1) is 11.1 Å². The molecule has 0 atom stereocenters. The van der Waals surface area contributed by atoms with Crippen LogP contribution >= 0.6 is 0 Å². The van der Waals surface area contributed by atoms with Crippen LogP contribution in [0.2, 0.25) is 0 Å². The fourth-order valence-corrected chi connectivity index (χ4v) is 1.37. The van der Waals surface area contributed by atoms with Crippen LogP contribution in [0.4, 0.5) is 0 Å². The van der Waals surface area contributed by atoms with E-state index in [1.807, 2.05) is 0 Å². The van der Waals surface area contributed by atoms with Crippen molar-refractivity contribution < 1.29 is 19.1 Å². The number of carbonyl (C=O) groups is 3. The van der Waals surface area contributed by atoms with Gasteiger partial charge in [0.25, 0.3) is 11.8 Å². The Balaban J connectivity index is 3.01. The number of ether oxygens (including phenoxy) is 1. The zero-order chi connectivity index (χ0) is 14.4. The van der Waals surface area contributed by atoms with Crippen molar-refractivity contribution in [3.8, 4) is 5.75 Å². The standard InChI is InChI=1S/C12H15N3O4/c1-14-10(16)6-19-7-3-4-8(11(13)17)9(5-7)12(18)15-2/h3-5H,6H2,1-2H3,(H2,13,17)(H,14,16)(H,15,18). The number of nitrogens with two attached hydrogens (primary N) is 1. The van der Waals surface area contributed by atoms with Crippen LogP contribution in [0, 0.1) is 0 Å². The maximum absolute atomic E-state index is 11.6. The third-order valence-electron chi connectivity index (χ3n) is 2.38. The highest BCUT2D eigenvalue weighted by atomic mass is 16.5. The molecule has 0 saturated carbocycles. The van der Waals surface area contributed by atoms with Gasteiger partial charge in [0.1, 0.15) is 5.75 Å². The molecular weight excluding hydrogens is 250 g/mol. The number of carbonyl (C=O) groups excluding carboxylic acids is 3. The monoisotopic (exact) mass is 265 g/mol. The predicted octanol–water partition coefficient (Wildman–Crippen LogP) is -0.730. The Morgan fingerprint density at radius 1 is 1.16 bits per heavy atom. The smallest absolute Gasteiger partial charge is 0.257 e. The van der Waals surface area contributed by atoms with E-state index < -0.39 is 11.8 Å². The number of nitrogens with one attached hydrogen (secondary N) is 2. The summed E-state index contributed by atoms with van der Waals surface area (Å²) < 4.78 is 5.18. The van der Waals surface area contributed by atoms with E-state index in [4.69, 9.17) is 10.5 Å². The number of amides is 3. The quantitative estimate of drug-likeness (QED) is 0.651. The molecule has 7 heteroatoms. The highest BCUT2D eigenvalue weighted by Gasteiger charge is 2.15. The summed E-state index contributed by atoms with van der Waals surface area (Å²) in [7, 11) is 2.92. The second-order valence-corrected chi connectivity index (χ2v) is 3.61. The lowest BCUT2D eigenvalue weighted by Crippen LogP contribution is -2.26. The van der Waals surface area contributed by atoms with Crippen LogP contribution in [0.15, 0.2) is 18.2 Å². The van der Waals surface area contributed by atoms with Gasteiger partial charge in [-0.2, -0.15) is 0 Å². The van der Waals surface area contributed by atoms with Gasteiger partial charge in [-0.15, -0.1) is 0 Å². The molecule has 7 nitrogen and oxygen atoms in total. The maximum Gasteiger partial charge on any atom is 0.257 e. The zero-order valence-electron chi connectivity index (χ0n) is 10.6. The summed E-state index contributed by atoms with van der Waals surface area (Å²) in [5.74, 6) is -1.18. The lowest BCUT2D eigenvalue weighted by molar-refractivity contribution is -0.122. The van der Waals surface area contributed by atoms with Gasteiger partial charge in [0, 0.05) is 14.1 Å². The van der Waals surface area contributed by atoms with E-state index in [0.29, 0.717) is 5.75 Å². The Hall–Kier alpha value is -2.57. The predicted molar refractivity (Wildman–Crippen MR) is 67.9 cm³/mol. The summed E-state index contributed by atoms with van der Waals surface area (Å²) in [4.78, 5) is 33.9. The summed E-state index contributed by atoms with van der Waals surface area (Å²) >= 11 is 0. The molecule has 0 heterocycles. The maximum atomic E-state index is 11.6. The Bertz CT molecular complexity index is 514. The van der Waals surface area contributed by atoms with Crippen LogP contribution in [0.3, 0.4) is 0 Å². The van der Waals surface area contributed by atoms with E-state index in [2.05, 4.69) is 10.6 Å². The molecule has 0 spiro atoms. The van der Waals surface area contributed by atoms with Gasteiger partial charge in [0.2, 0.25) is 5.91 Å². The first-order chi connectivity index (χ1) is 8.99. The highest BCUT2D eigenvalue weighted by molar-refractivity contribution is 6.06. The molecule has 0 bridgehead atoms. The largest absolute Gasteiger partial charge is 0.484 e. The van der Waals surface area contributed by atoms with E-state index in [9.17, 15) is 14.4 Å². The molecule has 0 aliphatic carbocycles.